The minimum atomic E-state index is -0.0123. The molecule has 0 aliphatic carbocycles. The second-order valence-electron chi connectivity index (χ2n) is 5.82. The average molecular weight is 375 g/mol. The molecule has 0 amide bonds. The van der Waals surface area contributed by atoms with Gasteiger partial charge in [0.25, 0.3) is 0 Å². The molecule has 0 saturated carbocycles. The van der Waals surface area contributed by atoms with Crippen LogP contribution in [0.2, 0.25) is 0 Å². The third-order valence-corrected chi connectivity index (χ3v) is 4.46. The lowest BCUT2D eigenvalue weighted by atomic mass is 10.1. The summed E-state index contributed by atoms with van der Waals surface area (Å²) in [5, 5.41) is 20.9. The van der Waals surface area contributed by atoms with Gasteiger partial charge < -0.3 is 4.90 Å². The summed E-state index contributed by atoms with van der Waals surface area (Å²) >= 11 is 3.54. The Balaban J connectivity index is 2.22. The van der Waals surface area contributed by atoms with Crippen LogP contribution in [-0.4, -0.2) is 28.0 Å². The van der Waals surface area contributed by atoms with E-state index in [4.69, 9.17) is 10.8 Å². The predicted molar refractivity (Wildman–Crippen MR) is 97.1 cm³/mol. The van der Waals surface area contributed by atoms with Crippen LogP contribution >= 0.6 is 15.9 Å². The lowest BCUT2D eigenvalue weighted by Crippen LogP contribution is -2.38. The number of aryl methyl sites for hydroxylation is 1. The molecule has 1 aromatic carbocycles. The van der Waals surface area contributed by atoms with Gasteiger partial charge in [-0.2, -0.15) is 5.10 Å². The molecule has 0 fully saturated rings. The van der Waals surface area contributed by atoms with Crippen LogP contribution in [-0.2, 0) is 7.05 Å². The van der Waals surface area contributed by atoms with Crippen molar-refractivity contribution in [1.29, 1.82) is 10.8 Å². The number of anilines is 3. The van der Waals surface area contributed by atoms with Crippen LogP contribution in [0.25, 0.3) is 0 Å². The van der Waals surface area contributed by atoms with Crippen LogP contribution in [0.1, 0.15) is 13.8 Å². The first-order valence-electron chi connectivity index (χ1n) is 7.38. The van der Waals surface area contributed by atoms with Gasteiger partial charge in [-0.3, -0.25) is 20.4 Å². The van der Waals surface area contributed by atoms with Crippen molar-refractivity contribution < 1.29 is 0 Å². The number of halogens is 1. The topological polar surface area (TPSA) is 72.0 Å². The van der Waals surface area contributed by atoms with Gasteiger partial charge in [0.15, 0.2) is 0 Å². The highest BCUT2D eigenvalue weighted by molar-refractivity contribution is 9.10. The van der Waals surface area contributed by atoms with Gasteiger partial charge in [0.05, 0.1) is 23.3 Å². The number of rotatable bonds is 1. The molecule has 0 radical (unpaired) electrons. The number of hydrogen-bond donors (Lipinski definition) is 2. The molecule has 23 heavy (non-hydrogen) atoms. The molecule has 0 saturated heterocycles. The molecule has 1 aliphatic rings. The fraction of sp³-hybridized carbons (Fsp3) is 0.312. The van der Waals surface area contributed by atoms with E-state index >= 15 is 0 Å². The minimum Gasteiger partial charge on any atom is -0.336 e. The Hall–Kier alpha value is -2.15. The van der Waals surface area contributed by atoms with Crippen LogP contribution in [0.15, 0.2) is 35.1 Å². The van der Waals surface area contributed by atoms with Crippen molar-refractivity contribution in [3.05, 3.63) is 35.1 Å². The summed E-state index contributed by atoms with van der Waals surface area (Å²) in [6.07, 6.45) is 3.79. The van der Waals surface area contributed by atoms with Crippen molar-refractivity contribution in [3.63, 3.8) is 0 Å². The smallest absolute Gasteiger partial charge is 0.111 e. The molecule has 2 aromatic rings. The Bertz CT molecular complexity index is 781. The molecule has 0 bridgehead atoms. The number of fused-ring (bicyclic) bond motifs is 1. The first-order valence-corrected chi connectivity index (χ1v) is 8.17. The van der Waals surface area contributed by atoms with E-state index < -0.39 is 0 Å². The second kappa shape index (κ2) is 5.81. The van der Waals surface area contributed by atoms with Crippen LogP contribution in [0.5, 0.6) is 0 Å². The first kappa shape index (κ1) is 15.7. The third-order valence-electron chi connectivity index (χ3n) is 3.97. The van der Waals surface area contributed by atoms with Crippen LogP contribution < -0.4 is 9.80 Å². The zero-order valence-corrected chi connectivity index (χ0v) is 14.9. The van der Waals surface area contributed by atoms with E-state index in [1.165, 1.54) is 0 Å². The molecule has 1 aromatic heterocycles. The maximum atomic E-state index is 8.49. The fourth-order valence-corrected chi connectivity index (χ4v) is 3.21. The molecular weight excluding hydrogens is 356 g/mol. The summed E-state index contributed by atoms with van der Waals surface area (Å²) < 4.78 is 2.74. The summed E-state index contributed by atoms with van der Waals surface area (Å²) in [5.74, 6) is 0.771. The number of amidine groups is 2. The normalized spacial score (nSPS) is 17.9. The molecule has 3 rings (SSSR count). The van der Waals surface area contributed by atoms with E-state index in [0.717, 1.165) is 21.5 Å². The molecular formula is C16H19BrN6. The van der Waals surface area contributed by atoms with Crippen molar-refractivity contribution in [2.75, 3.05) is 16.3 Å². The van der Waals surface area contributed by atoms with E-state index in [0.29, 0.717) is 18.2 Å². The SMILES string of the molecule is CC(=N)N1C(=N)C(C)CN(c2cnn(C)c2)c2cc(Br)ccc21. The maximum Gasteiger partial charge on any atom is 0.111 e. The van der Waals surface area contributed by atoms with E-state index in [9.17, 15) is 0 Å². The van der Waals surface area contributed by atoms with Gasteiger partial charge in [-0.05, 0) is 25.1 Å². The van der Waals surface area contributed by atoms with Crippen molar-refractivity contribution in [2.24, 2.45) is 13.0 Å². The second-order valence-corrected chi connectivity index (χ2v) is 6.74. The Morgan fingerprint density at radius 1 is 1.35 bits per heavy atom. The number of nitrogens with one attached hydrogen (secondary N) is 2. The van der Waals surface area contributed by atoms with E-state index in [-0.39, 0.29) is 5.92 Å². The van der Waals surface area contributed by atoms with Gasteiger partial charge in [-0.15, -0.1) is 0 Å². The van der Waals surface area contributed by atoms with Crippen molar-refractivity contribution in [1.82, 2.24) is 9.78 Å². The van der Waals surface area contributed by atoms with Crippen molar-refractivity contribution >= 4 is 44.7 Å². The first-order chi connectivity index (χ1) is 10.9. The molecule has 1 unspecified atom stereocenters. The number of hydrogen-bond acceptors (Lipinski definition) is 4. The van der Waals surface area contributed by atoms with Crippen molar-refractivity contribution in [3.8, 4) is 0 Å². The highest BCUT2D eigenvalue weighted by Gasteiger charge is 2.31. The molecule has 2 heterocycles. The zero-order chi connectivity index (χ0) is 16.7. The summed E-state index contributed by atoms with van der Waals surface area (Å²) in [5.41, 5.74) is 2.79. The van der Waals surface area contributed by atoms with E-state index in [1.807, 2.05) is 44.6 Å². The number of aromatic nitrogens is 2. The zero-order valence-electron chi connectivity index (χ0n) is 13.3. The Kier molecular flexibility index (Phi) is 3.97. The average Bonchev–Trinajstić information content (AvgIpc) is 2.87. The van der Waals surface area contributed by atoms with Gasteiger partial charge in [-0.25, -0.2) is 0 Å². The lowest BCUT2D eigenvalue weighted by Gasteiger charge is -2.26. The Morgan fingerprint density at radius 2 is 2.09 bits per heavy atom. The fourth-order valence-electron chi connectivity index (χ4n) is 2.86. The highest BCUT2D eigenvalue weighted by atomic mass is 79.9. The molecule has 7 heteroatoms. The summed E-state index contributed by atoms with van der Waals surface area (Å²) in [6, 6.07) is 5.93. The molecule has 120 valence electrons. The largest absolute Gasteiger partial charge is 0.336 e. The van der Waals surface area contributed by atoms with Gasteiger partial charge >= 0.3 is 0 Å². The molecule has 6 nitrogen and oxygen atoms in total. The standard InChI is InChI=1S/C16H19BrN6/c1-10-8-22(13-7-20-21(3)9-13)15-6-12(17)4-5-14(15)23(11(2)18)16(10)19/h4-7,9-10,18-19H,8H2,1-3H3. The highest BCUT2D eigenvalue weighted by Crippen LogP contribution is 2.40. The lowest BCUT2D eigenvalue weighted by molar-refractivity contribution is 0.753. The van der Waals surface area contributed by atoms with E-state index in [1.54, 1.807) is 16.5 Å². The molecule has 2 N–H and O–H groups in total. The Labute approximate surface area is 143 Å². The number of benzene rings is 1. The van der Waals surface area contributed by atoms with Gasteiger partial charge in [0.1, 0.15) is 11.7 Å². The van der Waals surface area contributed by atoms with Crippen LogP contribution in [0.4, 0.5) is 17.1 Å². The number of nitrogens with zero attached hydrogens (tertiary/aromatic N) is 4. The van der Waals surface area contributed by atoms with Crippen molar-refractivity contribution in [2.45, 2.75) is 13.8 Å². The summed E-state index contributed by atoms with van der Waals surface area (Å²) in [7, 11) is 1.89. The maximum absolute atomic E-state index is 8.49. The molecule has 1 aliphatic heterocycles. The van der Waals surface area contributed by atoms with Crippen LogP contribution in [0.3, 0.4) is 0 Å². The van der Waals surface area contributed by atoms with E-state index in [2.05, 4.69) is 25.9 Å². The Morgan fingerprint density at radius 3 is 2.70 bits per heavy atom. The quantitative estimate of drug-likeness (QED) is 0.589. The van der Waals surface area contributed by atoms with Crippen LogP contribution in [0, 0.1) is 16.7 Å². The minimum absolute atomic E-state index is 0.0123. The van der Waals surface area contributed by atoms with Gasteiger partial charge in [-0.1, -0.05) is 22.9 Å². The predicted octanol–water partition coefficient (Wildman–Crippen LogP) is 3.75. The summed E-state index contributed by atoms with van der Waals surface area (Å²) in [4.78, 5) is 3.87. The summed E-state index contributed by atoms with van der Waals surface area (Å²) in [6.45, 7) is 4.40. The monoisotopic (exact) mass is 374 g/mol. The molecule has 1 atom stereocenters. The molecule has 0 spiro atoms. The van der Waals surface area contributed by atoms with Gasteiger partial charge in [0, 0.05) is 30.2 Å². The third kappa shape index (κ3) is 2.76. The van der Waals surface area contributed by atoms with Gasteiger partial charge in [0.2, 0.25) is 0 Å².